The van der Waals surface area contributed by atoms with Gasteiger partial charge < -0.3 is 10.2 Å². The largest absolute Gasteiger partial charge is 0.368 e. The Balaban J connectivity index is 1.53. The Morgan fingerprint density at radius 3 is 2.62 bits per heavy atom. The van der Waals surface area contributed by atoms with E-state index in [-0.39, 0.29) is 18.0 Å². The zero-order valence-electron chi connectivity index (χ0n) is 14.3. The lowest BCUT2D eigenvalue weighted by molar-refractivity contribution is -0.117. The fourth-order valence-corrected chi connectivity index (χ4v) is 3.12. The first kappa shape index (κ1) is 18.7. The Hall–Kier alpha value is -2.09. The van der Waals surface area contributed by atoms with E-state index < -0.39 is 0 Å². The summed E-state index contributed by atoms with van der Waals surface area (Å²) >= 11 is 12.0. The highest BCUT2D eigenvalue weighted by molar-refractivity contribution is 6.35. The molecular formula is C17H19Cl2N5O2. The molecule has 3 rings (SSSR count). The van der Waals surface area contributed by atoms with Gasteiger partial charge in [0.25, 0.3) is 5.56 Å². The molecule has 1 amide bonds. The smallest absolute Gasteiger partial charge is 0.268 e. The number of amides is 1. The summed E-state index contributed by atoms with van der Waals surface area (Å²) in [6.07, 6.45) is 1.69. The summed E-state index contributed by atoms with van der Waals surface area (Å²) in [5.74, 6) is -0.141. The third-order valence-electron chi connectivity index (χ3n) is 4.26. The van der Waals surface area contributed by atoms with E-state index in [0.29, 0.717) is 28.8 Å². The Labute approximate surface area is 161 Å². The Bertz CT molecular complexity index is 862. The summed E-state index contributed by atoms with van der Waals surface area (Å²) in [7, 11) is 1.62. The summed E-state index contributed by atoms with van der Waals surface area (Å²) in [5, 5.41) is 7.80. The van der Waals surface area contributed by atoms with Crippen molar-refractivity contribution < 1.29 is 4.79 Å². The molecule has 1 aliphatic heterocycles. The number of benzene rings is 1. The minimum absolute atomic E-state index is 0.136. The van der Waals surface area contributed by atoms with Crippen molar-refractivity contribution in [2.75, 3.05) is 42.9 Å². The lowest BCUT2D eigenvalue weighted by Gasteiger charge is -2.35. The molecule has 0 radical (unpaired) electrons. The molecule has 26 heavy (non-hydrogen) atoms. The van der Waals surface area contributed by atoms with Crippen LogP contribution in [0.4, 0.5) is 11.4 Å². The number of aromatic nitrogens is 2. The fraction of sp³-hybridized carbons (Fsp3) is 0.353. The predicted molar refractivity (Wildman–Crippen MR) is 103 cm³/mol. The monoisotopic (exact) mass is 395 g/mol. The molecule has 1 saturated heterocycles. The lowest BCUT2D eigenvalue weighted by Crippen LogP contribution is -2.49. The Morgan fingerprint density at radius 1 is 1.19 bits per heavy atom. The van der Waals surface area contributed by atoms with Crippen LogP contribution in [-0.2, 0) is 11.8 Å². The van der Waals surface area contributed by atoms with E-state index in [1.807, 2.05) is 0 Å². The van der Waals surface area contributed by atoms with Crippen LogP contribution in [0, 0.1) is 0 Å². The van der Waals surface area contributed by atoms with E-state index in [2.05, 4.69) is 20.2 Å². The van der Waals surface area contributed by atoms with Crippen LogP contribution in [0.3, 0.4) is 0 Å². The Kier molecular flexibility index (Phi) is 5.80. The first-order chi connectivity index (χ1) is 12.4. The normalized spacial score (nSPS) is 15.1. The van der Waals surface area contributed by atoms with Crippen molar-refractivity contribution in [2.45, 2.75) is 0 Å². The average molecular weight is 396 g/mol. The van der Waals surface area contributed by atoms with Crippen molar-refractivity contribution >= 4 is 40.5 Å². The zero-order valence-corrected chi connectivity index (χ0v) is 15.8. The van der Waals surface area contributed by atoms with Crippen LogP contribution in [0.15, 0.2) is 35.3 Å². The molecule has 1 N–H and O–H groups in total. The number of aryl methyl sites for hydroxylation is 1. The molecule has 0 spiro atoms. The number of nitrogens with zero attached hydrogens (tertiary/aromatic N) is 4. The molecule has 1 aromatic heterocycles. The number of hydrogen-bond donors (Lipinski definition) is 1. The minimum Gasteiger partial charge on any atom is -0.368 e. The van der Waals surface area contributed by atoms with Gasteiger partial charge in [0, 0.05) is 44.3 Å². The molecule has 1 aliphatic rings. The molecule has 9 heteroatoms. The van der Waals surface area contributed by atoms with Gasteiger partial charge in [-0.3, -0.25) is 14.5 Å². The van der Waals surface area contributed by atoms with E-state index in [1.165, 1.54) is 4.68 Å². The molecule has 2 aromatic rings. The van der Waals surface area contributed by atoms with Crippen LogP contribution < -0.4 is 15.8 Å². The third-order valence-corrected chi connectivity index (χ3v) is 4.83. The molecule has 0 atom stereocenters. The molecule has 2 heterocycles. The molecule has 0 saturated carbocycles. The van der Waals surface area contributed by atoms with Gasteiger partial charge in [0.1, 0.15) is 0 Å². The van der Waals surface area contributed by atoms with Gasteiger partial charge in [-0.2, -0.15) is 5.10 Å². The van der Waals surface area contributed by atoms with Gasteiger partial charge in [-0.15, -0.1) is 0 Å². The average Bonchev–Trinajstić information content (AvgIpc) is 2.61. The van der Waals surface area contributed by atoms with Crippen LogP contribution in [0.25, 0.3) is 0 Å². The summed E-state index contributed by atoms with van der Waals surface area (Å²) in [6.45, 7) is 3.14. The molecular weight excluding hydrogens is 377 g/mol. The van der Waals surface area contributed by atoms with Gasteiger partial charge >= 0.3 is 0 Å². The number of nitrogens with one attached hydrogen (secondary N) is 1. The van der Waals surface area contributed by atoms with Gasteiger partial charge in [-0.05, 0) is 18.2 Å². The second kappa shape index (κ2) is 8.07. The van der Waals surface area contributed by atoms with Gasteiger partial charge in [0.15, 0.2) is 0 Å². The second-order valence-electron chi connectivity index (χ2n) is 6.11. The van der Waals surface area contributed by atoms with Crippen molar-refractivity contribution in [1.29, 1.82) is 0 Å². The molecule has 138 valence electrons. The van der Waals surface area contributed by atoms with Crippen molar-refractivity contribution in [3.05, 3.63) is 50.9 Å². The van der Waals surface area contributed by atoms with Gasteiger partial charge in [-0.25, -0.2) is 4.68 Å². The third kappa shape index (κ3) is 4.55. The maximum atomic E-state index is 12.3. The number of piperazine rings is 1. The highest BCUT2D eigenvalue weighted by Gasteiger charge is 2.20. The van der Waals surface area contributed by atoms with Crippen molar-refractivity contribution in [2.24, 2.45) is 7.05 Å². The van der Waals surface area contributed by atoms with Crippen LogP contribution in [0.2, 0.25) is 10.0 Å². The van der Waals surface area contributed by atoms with E-state index >= 15 is 0 Å². The summed E-state index contributed by atoms with van der Waals surface area (Å²) in [5.41, 5.74) is 1.18. The van der Waals surface area contributed by atoms with Crippen LogP contribution >= 0.6 is 23.2 Å². The summed E-state index contributed by atoms with van der Waals surface area (Å²) in [4.78, 5) is 28.1. The quantitative estimate of drug-likeness (QED) is 0.854. The fourth-order valence-electron chi connectivity index (χ4n) is 2.78. The Morgan fingerprint density at radius 2 is 1.92 bits per heavy atom. The number of rotatable bonds is 4. The van der Waals surface area contributed by atoms with Crippen molar-refractivity contribution in [3.8, 4) is 0 Å². The van der Waals surface area contributed by atoms with Crippen LogP contribution in [0.5, 0.6) is 0 Å². The van der Waals surface area contributed by atoms with Crippen molar-refractivity contribution in [1.82, 2.24) is 14.7 Å². The lowest BCUT2D eigenvalue weighted by atomic mass is 10.2. The topological polar surface area (TPSA) is 70.5 Å². The standard InChI is InChI=1S/C17H19Cl2N5O2/c1-22-17(26)9-13(10-20-22)24-6-4-23(5-7-24)11-16(25)21-15-8-12(18)2-3-14(15)19/h2-3,8-10H,4-7,11H2,1H3,(H,21,25). The van der Waals surface area contributed by atoms with E-state index in [1.54, 1.807) is 37.5 Å². The number of anilines is 2. The molecule has 1 aromatic carbocycles. The molecule has 7 nitrogen and oxygen atoms in total. The van der Waals surface area contributed by atoms with Crippen LogP contribution in [0.1, 0.15) is 0 Å². The first-order valence-corrected chi connectivity index (χ1v) is 8.93. The molecule has 0 aliphatic carbocycles. The number of carbonyl (C=O) groups is 1. The van der Waals surface area contributed by atoms with E-state index in [0.717, 1.165) is 18.8 Å². The SMILES string of the molecule is Cn1ncc(N2CCN(CC(=O)Nc3cc(Cl)ccc3Cl)CC2)cc1=O. The van der Waals surface area contributed by atoms with Gasteiger partial charge in [0.2, 0.25) is 5.91 Å². The molecule has 0 unspecified atom stereocenters. The molecule has 1 fully saturated rings. The van der Waals surface area contributed by atoms with Crippen molar-refractivity contribution in [3.63, 3.8) is 0 Å². The maximum Gasteiger partial charge on any atom is 0.268 e. The first-order valence-electron chi connectivity index (χ1n) is 8.18. The number of halogens is 2. The van der Waals surface area contributed by atoms with Gasteiger partial charge in [-0.1, -0.05) is 23.2 Å². The number of hydrogen-bond acceptors (Lipinski definition) is 5. The zero-order chi connectivity index (χ0) is 18.7. The van der Waals surface area contributed by atoms with Gasteiger partial charge in [0.05, 0.1) is 29.1 Å². The van der Waals surface area contributed by atoms with E-state index in [4.69, 9.17) is 23.2 Å². The highest BCUT2D eigenvalue weighted by atomic mass is 35.5. The molecule has 0 bridgehead atoms. The summed E-state index contributed by atoms with van der Waals surface area (Å²) < 4.78 is 1.30. The minimum atomic E-state index is -0.141. The van der Waals surface area contributed by atoms with Crippen LogP contribution in [-0.4, -0.2) is 53.3 Å². The van der Waals surface area contributed by atoms with E-state index in [9.17, 15) is 9.59 Å². The summed E-state index contributed by atoms with van der Waals surface area (Å²) in [6, 6.07) is 6.53. The maximum absolute atomic E-state index is 12.3. The second-order valence-corrected chi connectivity index (χ2v) is 6.95. The highest BCUT2D eigenvalue weighted by Crippen LogP contribution is 2.25. The number of carbonyl (C=O) groups excluding carboxylic acids is 1. The predicted octanol–water partition coefficient (Wildman–Crippen LogP) is 1.85.